The number of rotatable bonds is 4. The maximum absolute atomic E-state index is 13.0. The van der Waals surface area contributed by atoms with Gasteiger partial charge in [-0.05, 0) is 69.2 Å². The minimum Gasteiger partial charge on any atom is -0.456 e. The summed E-state index contributed by atoms with van der Waals surface area (Å²) in [5.41, 5.74) is 1.26. The number of carbonyl (C=O) groups is 3. The summed E-state index contributed by atoms with van der Waals surface area (Å²) in [5, 5.41) is 3.40. The molecule has 3 rings (SSSR count). The minimum atomic E-state index is -0.639. The SMILES string of the molecule is CC(=O)Oc1cccc(C(=O)Nc2sc3c(c2C(=O)OC(C)(C)C)CCC(C)(C)C3)c1. The Balaban J connectivity index is 1.95. The fourth-order valence-corrected chi connectivity index (χ4v) is 5.07. The Morgan fingerprint density at radius 1 is 1.16 bits per heavy atom. The Kier molecular flexibility index (Phi) is 6.28. The maximum atomic E-state index is 13.0. The smallest absolute Gasteiger partial charge is 0.341 e. The first kappa shape index (κ1) is 23.0. The van der Waals surface area contributed by atoms with E-state index in [1.807, 2.05) is 20.8 Å². The van der Waals surface area contributed by atoms with Gasteiger partial charge in [0, 0.05) is 17.4 Å². The lowest BCUT2D eigenvalue weighted by atomic mass is 9.77. The maximum Gasteiger partial charge on any atom is 0.341 e. The molecule has 1 aliphatic carbocycles. The second kappa shape index (κ2) is 8.46. The number of thiophene rings is 1. The van der Waals surface area contributed by atoms with Crippen LogP contribution in [0.2, 0.25) is 0 Å². The number of fused-ring (bicyclic) bond motifs is 1. The van der Waals surface area contributed by atoms with Crippen molar-refractivity contribution in [1.82, 2.24) is 0 Å². The molecule has 0 atom stereocenters. The van der Waals surface area contributed by atoms with E-state index in [2.05, 4.69) is 19.2 Å². The average Bonchev–Trinajstić information content (AvgIpc) is 2.95. The first-order valence-corrected chi connectivity index (χ1v) is 11.1. The third-order valence-electron chi connectivity index (χ3n) is 4.97. The molecule has 0 saturated heterocycles. The zero-order valence-electron chi connectivity index (χ0n) is 18.9. The molecule has 6 nitrogen and oxygen atoms in total. The predicted octanol–water partition coefficient (Wildman–Crippen LogP) is 5.40. The molecule has 1 aromatic carbocycles. The van der Waals surface area contributed by atoms with Crippen molar-refractivity contribution in [3.05, 3.63) is 45.8 Å². The van der Waals surface area contributed by atoms with Gasteiger partial charge in [0.15, 0.2) is 0 Å². The molecule has 0 fully saturated rings. The predicted molar refractivity (Wildman–Crippen MR) is 121 cm³/mol. The number of amides is 1. The van der Waals surface area contributed by atoms with Gasteiger partial charge in [-0.1, -0.05) is 19.9 Å². The normalized spacial score (nSPS) is 15.0. The van der Waals surface area contributed by atoms with Gasteiger partial charge in [0.2, 0.25) is 0 Å². The molecule has 0 saturated carbocycles. The summed E-state index contributed by atoms with van der Waals surface area (Å²) in [4.78, 5) is 38.3. The molecule has 0 spiro atoms. The van der Waals surface area contributed by atoms with Crippen molar-refractivity contribution in [2.45, 2.75) is 66.4 Å². The number of hydrogen-bond donors (Lipinski definition) is 1. The molecule has 1 heterocycles. The van der Waals surface area contributed by atoms with Gasteiger partial charge in [-0.25, -0.2) is 4.79 Å². The summed E-state index contributed by atoms with van der Waals surface area (Å²) in [6.07, 6.45) is 2.58. The van der Waals surface area contributed by atoms with Crippen molar-refractivity contribution in [3.63, 3.8) is 0 Å². The Labute approximate surface area is 186 Å². The minimum absolute atomic E-state index is 0.142. The molecule has 0 radical (unpaired) electrons. The highest BCUT2D eigenvalue weighted by atomic mass is 32.1. The summed E-state index contributed by atoms with van der Waals surface area (Å²) >= 11 is 1.44. The van der Waals surface area contributed by atoms with Crippen LogP contribution in [0.5, 0.6) is 5.75 Å². The van der Waals surface area contributed by atoms with Gasteiger partial charge < -0.3 is 14.8 Å². The molecule has 2 aromatic rings. The molecule has 0 aliphatic heterocycles. The van der Waals surface area contributed by atoms with E-state index in [4.69, 9.17) is 9.47 Å². The first-order chi connectivity index (χ1) is 14.3. The molecular formula is C24H29NO5S. The van der Waals surface area contributed by atoms with Crippen LogP contribution in [0.15, 0.2) is 24.3 Å². The Morgan fingerprint density at radius 3 is 2.52 bits per heavy atom. The van der Waals surface area contributed by atoms with Crippen molar-refractivity contribution in [1.29, 1.82) is 0 Å². The van der Waals surface area contributed by atoms with Crippen LogP contribution < -0.4 is 10.1 Å². The third kappa shape index (κ3) is 5.73. The van der Waals surface area contributed by atoms with Gasteiger partial charge in [0.1, 0.15) is 16.4 Å². The van der Waals surface area contributed by atoms with E-state index in [-0.39, 0.29) is 11.3 Å². The van der Waals surface area contributed by atoms with Gasteiger partial charge in [0.05, 0.1) is 5.56 Å². The standard InChI is InChI=1S/C24H29NO5S/c1-14(26)29-16-9-7-8-15(12-16)20(27)25-21-19(22(28)30-23(2,3)4)17-10-11-24(5,6)13-18(17)31-21/h7-9,12H,10-11,13H2,1-6H3,(H,25,27). The van der Waals surface area contributed by atoms with Crippen LogP contribution in [0, 0.1) is 5.41 Å². The molecule has 1 aromatic heterocycles. The van der Waals surface area contributed by atoms with Crippen LogP contribution in [-0.2, 0) is 22.4 Å². The second-order valence-corrected chi connectivity index (χ2v) is 10.7. The summed E-state index contributed by atoms with van der Waals surface area (Å²) in [7, 11) is 0. The fourth-order valence-electron chi connectivity index (χ4n) is 3.58. The quantitative estimate of drug-likeness (QED) is 0.506. The summed E-state index contributed by atoms with van der Waals surface area (Å²) in [5.74, 6) is -0.969. The van der Waals surface area contributed by atoms with Crippen LogP contribution >= 0.6 is 11.3 Å². The molecule has 0 unspecified atom stereocenters. The highest BCUT2D eigenvalue weighted by molar-refractivity contribution is 7.17. The topological polar surface area (TPSA) is 81.7 Å². The van der Waals surface area contributed by atoms with Crippen molar-refractivity contribution in [2.24, 2.45) is 5.41 Å². The fraction of sp³-hybridized carbons (Fsp3) is 0.458. The number of hydrogen-bond acceptors (Lipinski definition) is 6. The van der Waals surface area contributed by atoms with E-state index in [1.54, 1.807) is 18.2 Å². The number of benzene rings is 1. The summed E-state index contributed by atoms with van der Waals surface area (Å²) in [6.45, 7) is 11.2. The van der Waals surface area contributed by atoms with Gasteiger partial charge in [-0.2, -0.15) is 0 Å². The first-order valence-electron chi connectivity index (χ1n) is 10.3. The lowest BCUT2D eigenvalue weighted by Crippen LogP contribution is -2.26. The molecule has 0 bridgehead atoms. The lowest BCUT2D eigenvalue weighted by molar-refractivity contribution is -0.131. The zero-order valence-corrected chi connectivity index (χ0v) is 19.7. The highest BCUT2D eigenvalue weighted by Gasteiger charge is 2.34. The van der Waals surface area contributed by atoms with Gasteiger partial charge in [0.25, 0.3) is 5.91 Å². The molecular weight excluding hydrogens is 414 g/mol. The number of nitrogens with one attached hydrogen (secondary N) is 1. The van der Waals surface area contributed by atoms with E-state index in [0.29, 0.717) is 21.9 Å². The lowest BCUT2D eigenvalue weighted by Gasteiger charge is -2.29. The zero-order chi connectivity index (χ0) is 23.0. The van der Waals surface area contributed by atoms with Crippen LogP contribution in [0.25, 0.3) is 0 Å². The van der Waals surface area contributed by atoms with Crippen LogP contribution in [0.3, 0.4) is 0 Å². The largest absolute Gasteiger partial charge is 0.456 e. The van der Waals surface area contributed by atoms with Gasteiger partial charge in [-0.15, -0.1) is 11.3 Å². The monoisotopic (exact) mass is 443 g/mol. The third-order valence-corrected chi connectivity index (χ3v) is 6.12. The van der Waals surface area contributed by atoms with Crippen LogP contribution in [0.1, 0.15) is 79.1 Å². The molecule has 1 aliphatic rings. The number of ether oxygens (including phenoxy) is 2. The van der Waals surface area contributed by atoms with E-state index in [1.165, 1.54) is 24.3 Å². The van der Waals surface area contributed by atoms with Crippen molar-refractivity contribution in [3.8, 4) is 5.75 Å². The van der Waals surface area contributed by atoms with Gasteiger partial charge >= 0.3 is 11.9 Å². The summed E-state index contributed by atoms with van der Waals surface area (Å²) < 4.78 is 10.7. The van der Waals surface area contributed by atoms with Gasteiger partial charge in [-0.3, -0.25) is 9.59 Å². The van der Waals surface area contributed by atoms with Crippen LogP contribution in [-0.4, -0.2) is 23.4 Å². The molecule has 1 amide bonds. The van der Waals surface area contributed by atoms with Crippen molar-refractivity contribution < 1.29 is 23.9 Å². The second-order valence-electron chi connectivity index (χ2n) is 9.63. The Morgan fingerprint density at radius 2 is 1.87 bits per heavy atom. The molecule has 31 heavy (non-hydrogen) atoms. The van der Waals surface area contributed by atoms with E-state index >= 15 is 0 Å². The van der Waals surface area contributed by atoms with E-state index in [0.717, 1.165) is 29.7 Å². The average molecular weight is 444 g/mol. The molecule has 1 N–H and O–H groups in total. The van der Waals surface area contributed by atoms with Crippen LogP contribution in [0.4, 0.5) is 5.00 Å². The van der Waals surface area contributed by atoms with E-state index < -0.39 is 17.5 Å². The Hall–Kier alpha value is -2.67. The summed E-state index contributed by atoms with van der Waals surface area (Å²) in [6, 6.07) is 6.38. The molecule has 7 heteroatoms. The highest BCUT2D eigenvalue weighted by Crippen LogP contribution is 2.44. The number of carbonyl (C=O) groups excluding carboxylic acids is 3. The van der Waals surface area contributed by atoms with Crippen molar-refractivity contribution >= 4 is 34.2 Å². The molecule has 166 valence electrons. The number of esters is 2. The van der Waals surface area contributed by atoms with Crippen molar-refractivity contribution in [2.75, 3.05) is 5.32 Å². The Bertz CT molecular complexity index is 1030. The van der Waals surface area contributed by atoms with E-state index in [9.17, 15) is 14.4 Å². The number of anilines is 1.